The van der Waals surface area contributed by atoms with Crippen molar-refractivity contribution in [2.45, 2.75) is 13.5 Å². The molecule has 3 aromatic rings. The van der Waals surface area contributed by atoms with E-state index in [1.807, 2.05) is 37.3 Å². The van der Waals surface area contributed by atoms with Crippen LogP contribution in [0.15, 0.2) is 51.7 Å². The monoisotopic (exact) mass is 403 g/mol. The Morgan fingerprint density at radius 2 is 1.89 bits per heavy atom. The zero-order valence-electron chi connectivity index (χ0n) is 15.1. The second-order valence-electron chi connectivity index (χ2n) is 7.08. The van der Waals surface area contributed by atoms with Crippen molar-refractivity contribution < 1.29 is 9.32 Å². The summed E-state index contributed by atoms with van der Waals surface area (Å²) in [5.74, 6) is 0. The van der Waals surface area contributed by atoms with Gasteiger partial charge in [0.2, 0.25) is 0 Å². The highest BCUT2D eigenvalue weighted by atomic mass is 35.5. The third-order valence-corrected chi connectivity index (χ3v) is 5.84. The van der Waals surface area contributed by atoms with Gasteiger partial charge in [0.1, 0.15) is 12.1 Å². The maximum Gasteiger partial charge on any atom is 0.336 e. The molecule has 1 saturated heterocycles. The van der Waals surface area contributed by atoms with Gasteiger partial charge in [-0.1, -0.05) is 29.3 Å². The number of aryl methyl sites for hydroxylation is 1. The topological polar surface area (TPSA) is 37.9 Å². The Hall–Kier alpha value is -2.01. The highest BCUT2D eigenvalue weighted by Gasteiger charge is 2.22. The number of fused-ring (bicyclic) bond motifs is 1. The van der Waals surface area contributed by atoms with E-state index in [9.17, 15) is 4.79 Å². The predicted molar refractivity (Wildman–Crippen MR) is 110 cm³/mol. The van der Waals surface area contributed by atoms with Gasteiger partial charge in [0.25, 0.3) is 0 Å². The van der Waals surface area contributed by atoms with Crippen LogP contribution in [0.2, 0.25) is 10.0 Å². The molecule has 4 nitrogen and oxygen atoms in total. The Kier molecular flexibility index (Phi) is 5.13. The molecule has 0 spiro atoms. The van der Waals surface area contributed by atoms with Crippen molar-refractivity contribution in [2.75, 3.05) is 31.1 Å². The van der Waals surface area contributed by atoms with Gasteiger partial charge in [-0.05, 0) is 42.8 Å². The molecule has 2 heterocycles. The molecule has 0 saturated carbocycles. The lowest BCUT2D eigenvalue weighted by atomic mass is 10.1. The fourth-order valence-corrected chi connectivity index (χ4v) is 4.04. The third-order valence-electron chi connectivity index (χ3n) is 5.19. The molecule has 27 heavy (non-hydrogen) atoms. The van der Waals surface area contributed by atoms with Gasteiger partial charge in [0.15, 0.2) is 0 Å². The van der Waals surface area contributed by atoms with Gasteiger partial charge < -0.3 is 14.2 Å². The van der Waals surface area contributed by atoms with Gasteiger partial charge in [0, 0.05) is 32.7 Å². The van der Waals surface area contributed by atoms with Crippen molar-refractivity contribution in [1.29, 1.82) is 0 Å². The SMILES string of the molecule is Cc1cc2oc(=O)cc(C[NH+]3CCN(c4cccc(Cl)c4)CC3)c2cc1Cl. The summed E-state index contributed by atoms with van der Waals surface area (Å²) >= 11 is 12.4. The molecule has 0 radical (unpaired) electrons. The van der Waals surface area contributed by atoms with Gasteiger partial charge in [-0.2, -0.15) is 0 Å². The molecule has 1 aliphatic rings. The standard InChI is InChI=1S/C21H20Cl2N2O2/c1-14-9-20-18(12-19(14)23)15(10-21(26)27-20)13-24-5-7-25(8-6-24)17-4-2-3-16(22)11-17/h2-4,9-12H,5-8,13H2,1H3/p+1. The number of rotatable bonds is 3. The van der Waals surface area contributed by atoms with Crippen molar-refractivity contribution in [1.82, 2.24) is 0 Å². The molecule has 0 bridgehead atoms. The van der Waals surface area contributed by atoms with Gasteiger partial charge in [-0.15, -0.1) is 0 Å². The lowest BCUT2D eigenvalue weighted by molar-refractivity contribution is -0.914. The minimum Gasteiger partial charge on any atom is -0.423 e. The largest absolute Gasteiger partial charge is 0.423 e. The molecule has 0 aliphatic carbocycles. The van der Waals surface area contributed by atoms with E-state index < -0.39 is 0 Å². The molecule has 0 atom stereocenters. The molecule has 0 unspecified atom stereocenters. The normalized spacial score (nSPS) is 15.4. The van der Waals surface area contributed by atoms with Crippen LogP contribution in [0.4, 0.5) is 5.69 Å². The zero-order valence-corrected chi connectivity index (χ0v) is 16.6. The van der Waals surface area contributed by atoms with E-state index in [4.69, 9.17) is 27.6 Å². The van der Waals surface area contributed by atoms with Crippen molar-refractivity contribution in [3.05, 3.63) is 74.1 Å². The molecule has 1 N–H and O–H groups in total. The smallest absolute Gasteiger partial charge is 0.336 e. The third kappa shape index (κ3) is 3.98. The first-order valence-corrected chi connectivity index (χ1v) is 9.82. The highest BCUT2D eigenvalue weighted by molar-refractivity contribution is 6.32. The Balaban J connectivity index is 1.52. The predicted octanol–water partition coefficient (Wildman–Crippen LogP) is 3.31. The number of halogens is 2. The summed E-state index contributed by atoms with van der Waals surface area (Å²) in [4.78, 5) is 15.8. The van der Waals surface area contributed by atoms with E-state index >= 15 is 0 Å². The summed E-state index contributed by atoms with van der Waals surface area (Å²) in [6.07, 6.45) is 0. The molecular weight excluding hydrogens is 383 g/mol. The fourth-order valence-electron chi connectivity index (χ4n) is 3.69. The number of anilines is 1. The number of benzene rings is 2. The summed E-state index contributed by atoms with van der Waals surface area (Å²) < 4.78 is 5.37. The fraction of sp³-hybridized carbons (Fsp3) is 0.286. The first kappa shape index (κ1) is 18.4. The molecule has 2 aromatic carbocycles. The molecule has 1 aromatic heterocycles. The minimum atomic E-state index is -0.309. The van der Waals surface area contributed by atoms with Gasteiger partial charge in [-0.25, -0.2) is 4.79 Å². The van der Waals surface area contributed by atoms with Crippen LogP contribution < -0.4 is 15.4 Å². The number of quaternary nitrogens is 1. The van der Waals surface area contributed by atoms with Crippen molar-refractivity contribution in [2.24, 2.45) is 0 Å². The lowest BCUT2D eigenvalue weighted by Crippen LogP contribution is -3.13. The van der Waals surface area contributed by atoms with E-state index in [0.29, 0.717) is 10.6 Å². The minimum absolute atomic E-state index is 0.309. The van der Waals surface area contributed by atoms with Crippen LogP contribution in [0.25, 0.3) is 11.0 Å². The molecule has 0 amide bonds. The Bertz CT molecular complexity index is 1040. The van der Waals surface area contributed by atoms with E-state index in [-0.39, 0.29) is 5.63 Å². The molecule has 4 rings (SSSR count). The summed E-state index contributed by atoms with van der Waals surface area (Å²) in [6, 6.07) is 13.3. The summed E-state index contributed by atoms with van der Waals surface area (Å²) in [5, 5.41) is 2.38. The maximum atomic E-state index is 12.0. The molecule has 140 valence electrons. The van der Waals surface area contributed by atoms with Crippen LogP contribution in [-0.4, -0.2) is 26.2 Å². The van der Waals surface area contributed by atoms with E-state index in [0.717, 1.165) is 59.9 Å². The average molecular weight is 404 g/mol. The number of hydrogen-bond donors (Lipinski definition) is 1. The lowest BCUT2D eigenvalue weighted by Gasteiger charge is -2.33. The second kappa shape index (κ2) is 7.55. The number of nitrogens with zero attached hydrogens (tertiary/aromatic N) is 1. The molecule has 6 heteroatoms. The first-order valence-electron chi connectivity index (χ1n) is 9.06. The van der Waals surface area contributed by atoms with Gasteiger partial charge in [-0.3, -0.25) is 0 Å². The Morgan fingerprint density at radius 1 is 1.11 bits per heavy atom. The number of piperazine rings is 1. The van der Waals surface area contributed by atoms with Crippen LogP contribution >= 0.6 is 23.2 Å². The zero-order chi connectivity index (χ0) is 19.0. The second-order valence-corrected chi connectivity index (χ2v) is 7.93. The molecule has 1 fully saturated rings. The van der Waals surface area contributed by atoms with Crippen molar-refractivity contribution in [3.63, 3.8) is 0 Å². The van der Waals surface area contributed by atoms with Crippen molar-refractivity contribution in [3.8, 4) is 0 Å². The Morgan fingerprint density at radius 3 is 2.63 bits per heavy atom. The number of hydrogen-bond acceptors (Lipinski definition) is 3. The van der Waals surface area contributed by atoms with Crippen LogP contribution in [0.3, 0.4) is 0 Å². The quantitative estimate of drug-likeness (QED) is 0.681. The van der Waals surface area contributed by atoms with Gasteiger partial charge in [0.05, 0.1) is 26.2 Å². The first-order chi connectivity index (χ1) is 13.0. The van der Waals surface area contributed by atoms with E-state index in [1.165, 1.54) is 4.90 Å². The molecular formula is C21H21Cl2N2O2+. The highest BCUT2D eigenvalue weighted by Crippen LogP contribution is 2.25. The van der Waals surface area contributed by atoms with Crippen LogP contribution in [0.1, 0.15) is 11.1 Å². The van der Waals surface area contributed by atoms with E-state index in [2.05, 4.69) is 11.0 Å². The van der Waals surface area contributed by atoms with E-state index in [1.54, 1.807) is 6.07 Å². The van der Waals surface area contributed by atoms with Crippen molar-refractivity contribution >= 4 is 39.9 Å². The summed E-state index contributed by atoms with van der Waals surface area (Å²) in [5.41, 5.74) is 3.36. The van der Waals surface area contributed by atoms with Crippen LogP contribution in [-0.2, 0) is 6.54 Å². The molecule has 1 aliphatic heterocycles. The van der Waals surface area contributed by atoms with Crippen LogP contribution in [0, 0.1) is 6.92 Å². The maximum absolute atomic E-state index is 12.0. The average Bonchev–Trinajstić information content (AvgIpc) is 2.64. The Labute approximate surface area is 167 Å². The summed E-state index contributed by atoms with van der Waals surface area (Å²) in [6.45, 7) is 6.59. The summed E-state index contributed by atoms with van der Waals surface area (Å²) in [7, 11) is 0. The van der Waals surface area contributed by atoms with Gasteiger partial charge >= 0.3 is 5.63 Å². The number of nitrogens with one attached hydrogen (secondary N) is 1. The van der Waals surface area contributed by atoms with Crippen LogP contribution in [0.5, 0.6) is 0 Å².